The van der Waals surface area contributed by atoms with E-state index in [1.807, 2.05) is 0 Å². The van der Waals surface area contributed by atoms with Gasteiger partial charge >= 0.3 is 0 Å². The van der Waals surface area contributed by atoms with Gasteiger partial charge in [-0.2, -0.15) is 0 Å². The third-order valence-electron chi connectivity index (χ3n) is 5.85. The Balaban J connectivity index is 1.60. The molecule has 20 heavy (non-hydrogen) atoms. The van der Waals surface area contributed by atoms with Crippen molar-refractivity contribution in [3.63, 3.8) is 0 Å². The van der Waals surface area contributed by atoms with Crippen LogP contribution in [0.15, 0.2) is 24.3 Å². The Bertz CT molecular complexity index is 501. The molecule has 2 N–H and O–H groups in total. The first-order chi connectivity index (χ1) is 9.74. The minimum atomic E-state index is 0.231. The first kappa shape index (κ1) is 12.8. The number of likely N-dealkylation sites (N-methyl/N-ethyl adjacent to an activating group) is 1. The van der Waals surface area contributed by atoms with E-state index >= 15 is 0 Å². The Hall–Kier alpha value is -0.900. The van der Waals surface area contributed by atoms with Gasteiger partial charge in [0.2, 0.25) is 0 Å². The smallest absolute Gasteiger partial charge is 0.0370 e. The summed E-state index contributed by atoms with van der Waals surface area (Å²) in [5.41, 5.74) is 9.21. The van der Waals surface area contributed by atoms with E-state index in [4.69, 9.17) is 5.73 Å². The summed E-state index contributed by atoms with van der Waals surface area (Å²) in [4.78, 5) is 5.34. The summed E-state index contributed by atoms with van der Waals surface area (Å²) in [7, 11) is 2.32. The third-order valence-corrected chi connectivity index (χ3v) is 5.85. The Morgan fingerprint density at radius 3 is 2.65 bits per heavy atom. The van der Waals surface area contributed by atoms with Crippen molar-refractivity contribution in [3.05, 3.63) is 35.4 Å². The molecule has 2 aliphatic heterocycles. The molecular formula is C17H25N3. The Morgan fingerprint density at radius 1 is 1.05 bits per heavy atom. The molecule has 4 atom stereocenters. The van der Waals surface area contributed by atoms with E-state index in [1.54, 1.807) is 0 Å². The van der Waals surface area contributed by atoms with Crippen LogP contribution in [0.4, 0.5) is 0 Å². The van der Waals surface area contributed by atoms with Gasteiger partial charge in [-0.25, -0.2) is 0 Å². The molecule has 108 valence electrons. The van der Waals surface area contributed by atoms with Crippen molar-refractivity contribution in [2.24, 2.45) is 5.73 Å². The predicted molar refractivity (Wildman–Crippen MR) is 81.5 cm³/mol. The molecule has 4 rings (SSSR count). The lowest BCUT2D eigenvalue weighted by Gasteiger charge is -2.31. The Labute approximate surface area is 121 Å². The van der Waals surface area contributed by atoms with Gasteiger partial charge in [0.25, 0.3) is 0 Å². The van der Waals surface area contributed by atoms with E-state index in [9.17, 15) is 0 Å². The van der Waals surface area contributed by atoms with Crippen LogP contribution in [0.3, 0.4) is 0 Å². The van der Waals surface area contributed by atoms with E-state index in [2.05, 4.69) is 41.1 Å². The van der Waals surface area contributed by atoms with Crippen molar-refractivity contribution < 1.29 is 0 Å². The molecule has 2 fully saturated rings. The average Bonchev–Trinajstić information content (AvgIpc) is 2.89. The first-order valence-corrected chi connectivity index (χ1v) is 8.04. The second kappa shape index (κ2) is 4.83. The second-order valence-corrected chi connectivity index (χ2v) is 6.82. The third kappa shape index (κ3) is 1.92. The number of benzene rings is 1. The number of nitrogens with two attached hydrogens (primary N) is 1. The summed E-state index contributed by atoms with van der Waals surface area (Å²) in [5, 5.41) is 0. The van der Waals surface area contributed by atoms with Crippen LogP contribution < -0.4 is 5.73 Å². The Morgan fingerprint density at radius 2 is 1.80 bits per heavy atom. The van der Waals surface area contributed by atoms with Gasteiger partial charge in [0.15, 0.2) is 0 Å². The van der Waals surface area contributed by atoms with Gasteiger partial charge in [0.1, 0.15) is 0 Å². The van der Waals surface area contributed by atoms with E-state index in [1.165, 1.54) is 43.5 Å². The van der Waals surface area contributed by atoms with Crippen molar-refractivity contribution in [2.45, 2.75) is 49.9 Å². The van der Waals surface area contributed by atoms with Crippen molar-refractivity contribution in [1.29, 1.82) is 0 Å². The molecular weight excluding hydrogens is 246 g/mol. The van der Waals surface area contributed by atoms with E-state index in [0.29, 0.717) is 6.04 Å². The highest BCUT2D eigenvalue weighted by Crippen LogP contribution is 2.42. The predicted octanol–water partition coefficient (Wildman–Crippen LogP) is 2.30. The summed E-state index contributed by atoms with van der Waals surface area (Å²) >= 11 is 0. The molecule has 3 aliphatic rings. The van der Waals surface area contributed by atoms with Crippen LogP contribution in [-0.4, -0.2) is 42.0 Å². The molecule has 2 saturated heterocycles. The maximum absolute atomic E-state index is 6.35. The number of likely N-dealkylation sites (tertiary alicyclic amines) is 1. The van der Waals surface area contributed by atoms with Crippen LogP contribution in [0.25, 0.3) is 0 Å². The lowest BCUT2D eigenvalue weighted by atomic mass is 10.0. The van der Waals surface area contributed by atoms with Gasteiger partial charge in [-0.1, -0.05) is 24.3 Å². The van der Waals surface area contributed by atoms with Gasteiger partial charge < -0.3 is 5.73 Å². The summed E-state index contributed by atoms with van der Waals surface area (Å²) in [6.45, 7) is 2.45. The van der Waals surface area contributed by atoms with Crippen molar-refractivity contribution in [2.75, 3.05) is 20.1 Å². The maximum Gasteiger partial charge on any atom is 0.0370 e. The summed E-state index contributed by atoms with van der Waals surface area (Å²) in [6, 6.07) is 11.2. The first-order valence-electron chi connectivity index (χ1n) is 8.04. The molecule has 0 saturated carbocycles. The lowest BCUT2D eigenvalue weighted by Crippen LogP contribution is -2.38. The Kier molecular flexibility index (Phi) is 3.09. The zero-order valence-electron chi connectivity index (χ0n) is 12.3. The zero-order valence-corrected chi connectivity index (χ0v) is 12.3. The van der Waals surface area contributed by atoms with Gasteiger partial charge in [-0.15, -0.1) is 0 Å². The van der Waals surface area contributed by atoms with Crippen LogP contribution in [-0.2, 0) is 0 Å². The number of nitrogens with zero attached hydrogens (tertiary/aromatic N) is 2. The highest BCUT2D eigenvalue weighted by Gasteiger charge is 2.39. The van der Waals surface area contributed by atoms with Crippen LogP contribution in [0.2, 0.25) is 0 Å². The van der Waals surface area contributed by atoms with Crippen molar-refractivity contribution in [3.8, 4) is 0 Å². The van der Waals surface area contributed by atoms with Crippen LogP contribution in [0, 0.1) is 0 Å². The molecule has 2 bridgehead atoms. The zero-order chi connectivity index (χ0) is 13.7. The maximum atomic E-state index is 6.35. The lowest BCUT2D eigenvalue weighted by molar-refractivity contribution is 0.168. The largest absolute Gasteiger partial charge is 0.324 e. The fourth-order valence-electron chi connectivity index (χ4n) is 4.61. The highest BCUT2D eigenvalue weighted by atomic mass is 15.3. The van der Waals surface area contributed by atoms with Gasteiger partial charge in [0.05, 0.1) is 0 Å². The van der Waals surface area contributed by atoms with Gasteiger partial charge in [0, 0.05) is 37.3 Å². The molecule has 1 aromatic carbocycles. The monoisotopic (exact) mass is 271 g/mol. The van der Waals surface area contributed by atoms with Gasteiger partial charge in [-0.3, -0.25) is 9.80 Å². The molecule has 3 heteroatoms. The standard InChI is InChI=1S/C17H25N3/c1-19-12-6-7-13(19)11-20(9-8-12)17-10-16(18)14-4-2-3-5-15(14)17/h2-5,12-13,16-17H,6-11,18H2,1H3. The number of rotatable bonds is 1. The summed E-state index contributed by atoms with van der Waals surface area (Å²) < 4.78 is 0. The van der Waals surface area contributed by atoms with Crippen LogP contribution in [0.5, 0.6) is 0 Å². The average molecular weight is 271 g/mol. The van der Waals surface area contributed by atoms with E-state index in [-0.39, 0.29) is 6.04 Å². The normalized spacial score (nSPS) is 37.9. The minimum absolute atomic E-state index is 0.231. The van der Waals surface area contributed by atoms with Crippen LogP contribution >= 0.6 is 0 Å². The summed E-state index contributed by atoms with van der Waals surface area (Å²) in [6.07, 6.45) is 5.19. The minimum Gasteiger partial charge on any atom is -0.324 e. The molecule has 4 unspecified atom stereocenters. The van der Waals surface area contributed by atoms with Crippen molar-refractivity contribution in [1.82, 2.24) is 9.80 Å². The highest BCUT2D eigenvalue weighted by molar-refractivity contribution is 5.37. The van der Waals surface area contributed by atoms with E-state index in [0.717, 1.165) is 18.5 Å². The molecule has 3 nitrogen and oxygen atoms in total. The van der Waals surface area contributed by atoms with Crippen LogP contribution in [0.1, 0.15) is 48.9 Å². The number of hydrogen-bond donors (Lipinski definition) is 1. The topological polar surface area (TPSA) is 32.5 Å². The molecule has 1 aromatic rings. The van der Waals surface area contributed by atoms with Gasteiger partial charge in [-0.05, 0) is 43.9 Å². The fraction of sp³-hybridized carbons (Fsp3) is 0.647. The number of hydrogen-bond acceptors (Lipinski definition) is 3. The molecule has 1 aliphatic carbocycles. The fourth-order valence-corrected chi connectivity index (χ4v) is 4.61. The quantitative estimate of drug-likeness (QED) is 0.850. The van der Waals surface area contributed by atoms with E-state index < -0.39 is 0 Å². The molecule has 2 heterocycles. The molecule has 0 aromatic heterocycles. The summed E-state index contributed by atoms with van der Waals surface area (Å²) in [5.74, 6) is 0. The van der Waals surface area contributed by atoms with Crippen molar-refractivity contribution >= 4 is 0 Å². The SMILES string of the molecule is CN1C2CCC1CN(C1CC(N)c3ccccc31)CC2. The molecule has 0 spiro atoms. The number of fused-ring (bicyclic) bond motifs is 3. The second-order valence-electron chi connectivity index (χ2n) is 6.82. The molecule has 0 amide bonds. The molecule has 0 radical (unpaired) electrons.